The van der Waals surface area contributed by atoms with Gasteiger partial charge in [-0.25, -0.2) is 15.0 Å². The Labute approximate surface area is 227 Å². The number of piperidine rings is 1. The van der Waals surface area contributed by atoms with Gasteiger partial charge >= 0.3 is 6.18 Å². The van der Waals surface area contributed by atoms with E-state index in [1.54, 1.807) is 12.1 Å². The van der Waals surface area contributed by atoms with Gasteiger partial charge in [-0.1, -0.05) is 11.6 Å². The minimum absolute atomic E-state index is 0.111. The molecule has 1 aromatic carbocycles. The molecule has 206 valence electrons. The lowest BCUT2D eigenvalue weighted by Gasteiger charge is -2.34. The van der Waals surface area contributed by atoms with Crippen LogP contribution in [0.5, 0.6) is 0 Å². The summed E-state index contributed by atoms with van der Waals surface area (Å²) in [5.41, 5.74) is 7.62. The summed E-state index contributed by atoms with van der Waals surface area (Å²) in [6.45, 7) is 3.77. The van der Waals surface area contributed by atoms with Crippen molar-refractivity contribution in [1.82, 2.24) is 25.2 Å². The predicted octanol–water partition coefficient (Wildman–Crippen LogP) is 3.04. The lowest BCUT2D eigenvalue weighted by molar-refractivity contribution is -0.145. The Morgan fingerprint density at radius 2 is 1.95 bits per heavy atom. The van der Waals surface area contributed by atoms with Gasteiger partial charge in [-0.2, -0.15) is 13.2 Å². The molecule has 4 heterocycles. The lowest BCUT2D eigenvalue weighted by atomic mass is 10.1. The molecule has 6 rings (SSSR count). The van der Waals surface area contributed by atoms with Gasteiger partial charge in [0.05, 0.1) is 35.4 Å². The zero-order valence-electron chi connectivity index (χ0n) is 20.9. The van der Waals surface area contributed by atoms with E-state index in [4.69, 9.17) is 27.1 Å². The van der Waals surface area contributed by atoms with E-state index in [9.17, 15) is 18.0 Å². The average Bonchev–Trinajstić information content (AvgIpc) is 3.44. The number of amides is 1. The lowest BCUT2D eigenvalue weighted by Crippen LogP contribution is -2.44. The molecule has 3 aliphatic rings. The first-order chi connectivity index (χ1) is 18.6. The number of morpholine rings is 1. The third kappa shape index (κ3) is 5.13. The number of pyridine rings is 1. The Bertz CT molecular complexity index is 1400. The molecule has 0 radical (unpaired) electrons. The maximum Gasteiger partial charge on any atom is 0.451 e. The number of rotatable bonds is 6. The molecule has 1 aliphatic carbocycles. The highest BCUT2D eigenvalue weighted by atomic mass is 35.5. The van der Waals surface area contributed by atoms with Crippen molar-refractivity contribution in [2.24, 2.45) is 11.7 Å². The molecule has 3 unspecified atom stereocenters. The van der Waals surface area contributed by atoms with Crippen LogP contribution >= 0.6 is 11.6 Å². The second-order valence-electron chi connectivity index (χ2n) is 10.4. The second-order valence-corrected chi connectivity index (χ2v) is 10.8. The molecule has 3 N–H and O–H groups in total. The van der Waals surface area contributed by atoms with Crippen molar-refractivity contribution in [1.29, 1.82) is 0 Å². The van der Waals surface area contributed by atoms with Gasteiger partial charge in [0.1, 0.15) is 5.82 Å². The van der Waals surface area contributed by atoms with Gasteiger partial charge < -0.3 is 20.7 Å². The molecule has 39 heavy (non-hydrogen) atoms. The fourth-order valence-corrected chi connectivity index (χ4v) is 5.81. The van der Waals surface area contributed by atoms with E-state index in [1.165, 1.54) is 0 Å². The summed E-state index contributed by atoms with van der Waals surface area (Å²) < 4.78 is 44.4. The first-order valence-electron chi connectivity index (χ1n) is 12.7. The molecule has 1 saturated carbocycles. The van der Waals surface area contributed by atoms with E-state index in [2.05, 4.69) is 20.2 Å². The Hall–Kier alpha value is -3.06. The number of ether oxygens (including phenoxy) is 1. The van der Waals surface area contributed by atoms with Crippen molar-refractivity contribution >= 4 is 34.2 Å². The van der Waals surface area contributed by atoms with Crippen LogP contribution in [0, 0.1) is 5.92 Å². The smallest absolute Gasteiger partial charge is 0.379 e. The van der Waals surface area contributed by atoms with Crippen molar-refractivity contribution in [3.05, 3.63) is 58.6 Å². The number of halogens is 4. The Morgan fingerprint density at radius 3 is 2.62 bits per heavy atom. The number of hydrogen-bond donors (Lipinski definition) is 2. The summed E-state index contributed by atoms with van der Waals surface area (Å²) in [6, 6.07) is 6.69. The number of alkyl halides is 3. The number of benzene rings is 1. The van der Waals surface area contributed by atoms with Crippen molar-refractivity contribution in [3.63, 3.8) is 0 Å². The molecule has 2 saturated heterocycles. The van der Waals surface area contributed by atoms with E-state index in [0.29, 0.717) is 48.7 Å². The van der Waals surface area contributed by atoms with Crippen molar-refractivity contribution in [2.45, 2.75) is 24.2 Å². The van der Waals surface area contributed by atoms with Gasteiger partial charge in [0.15, 0.2) is 0 Å². The highest BCUT2D eigenvalue weighted by molar-refractivity contribution is 6.35. The predicted molar refractivity (Wildman–Crippen MR) is 138 cm³/mol. The van der Waals surface area contributed by atoms with Gasteiger partial charge in [-0.05, 0) is 36.6 Å². The molecule has 3 atom stereocenters. The topological polar surface area (TPSA) is 110 Å². The summed E-state index contributed by atoms with van der Waals surface area (Å²) in [7, 11) is 0. The van der Waals surface area contributed by atoms with Crippen LogP contribution in [0.4, 0.5) is 19.0 Å². The molecule has 3 fully saturated rings. The third-order valence-electron chi connectivity index (χ3n) is 7.81. The van der Waals surface area contributed by atoms with E-state index in [-0.39, 0.29) is 22.7 Å². The monoisotopic (exact) mass is 561 g/mol. The fraction of sp³-hybridized carbons (Fsp3) is 0.462. The van der Waals surface area contributed by atoms with Crippen LogP contribution in [0.3, 0.4) is 0 Å². The summed E-state index contributed by atoms with van der Waals surface area (Å²) in [5.74, 6) is -0.313. The molecule has 2 aliphatic heterocycles. The van der Waals surface area contributed by atoms with Crippen LogP contribution in [0.2, 0.25) is 5.02 Å². The van der Waals surface area contributed by atoms with Gasteiger partial charge in [-0.3, -0.25) is 9.69 Å². The van der Waals surface area contributed by atoms with E-state index in [1.807, 2.05) is 17.0 Å². The molecule has 13 heteroatoms. The van der Waals surface area contributed by atoms with Gasteiger partial charge in [0.25, 0.3) is 5.91 Å². The number of hydrogen-bond acceptors (Lipinski definition) is 8. The standard InChI is InChI=1S/C26H27ClF3N7O2/c27-18-2-3-19-17(1-4-21(35-19)37-13-16-9-25(16,31)14-37)22(18)23(38)32-12-20(36-5-7-39-8-6-36)15-10-33-24(34-11-15)26(28,29)30/h1-4,10-11,16,20H,5-9,12-14,31H2,(H,32,38). The van der Waals surface area contributed by atoms with Crippen LogP contribution in [0.15, 0.2) is 36.7 Å². The van der Waals surface area contributed by atoms with Gasteiger partial charge in [0, 0.05) is 61.6 Å². The largest absolute Gasteiger partial charge is 0.451 e. The van der Waals surface area contributed by atoms with E-state index in [0.717, 1.165) is 37.7 Å². The molecule has 9 nitrogen and oxygen atoms in total. The zero-order chi connectivity index (χ0) is 27.4. The number of aromatic nitrogens is 3. The number of nitrogens with one attached hydrogen (secondary N) is 1. The number of fused-ring (bicyclic) bond motifs is 2. The van der Waals surface area contributed by atoms with Gasteiger partial charge in [-0.15, -0.1) is 0 Å². The number of nitrogens with two attached hydrogens (primary N) is 1. The molecule has 2 aromatic heterocycles. The summed E-state index contributed by atoms with van der Waals surface area (Å²) in [6.07, 6.45) is -1.28. The highest BCUT2D eigenvalue weighted by Gasteiger charge is 2.57. The number of nitrogens with zero attached hydrogens (tertiary/aromatic N) is 5. The Morgan fingerprint density at radius 1 is 1.21 bits per heavy atom. The SMILES string of the molecule is NC12CC1CN(c1ccc3c(C(=O)NCC(c4cnc(C(F)(F)F)nc4)N4CCOCC4)c(Cl)ccc3n1)C2. The minimum atomic E-state index is -4.64. The molecular formula is C26H27ClF3N7O2. The summed E-state index contributed by atoms with van der Waals surface area (Å²) >= 11 is 6.48. The molecule has 3 aromatic rings. The van der Waals surface area contributed by atoms with Gasteiger partial charge in [0.2, 0.25) is 5.82 Å². The van der Waals surface area contributed by atoms with E-state index >= 15 is 0 Å². The Kier molecular flexibility index (Phi) is 6.61. The van der Waals surface area contributed by atoms with Crippen LogP contribution < -0.4 is 16.0 Å². The van der Waals surface area contributed by atoms with Crippen LogP contribution in [-0.4, -0.2) is 77.2 Å². The first kappa shape index (κ1) is 26.2. The van der Waals surface area contributed by atoms with Crippen molar-refractivity contribution in [3.8, 4) is 0 Å². The second kappa shape index (κ2) is 9.84. The van der Waals surface area contributed by atoms with Crippen molar-refractivity contribution in [2.75, 3.05) is 50.8 Å². The molecule has 1 amide bonds. The van der Waals surface area contributed by atoms with Crippen LogP contribution in [0.1, 0.15) is 34.2 Å². The number of anilines is 1. The van der Waals surface area contributed by atoms with Crippen LogP contribution in [-0.2, 0) is 10.9 Å². The third-order valence-corrected chi connectivity index (χ3v) is 8.13. The number of carbonyl (C=O) groups excluding carboxylic acids is 1. The number of carbonyl (C=O) groups is 1. The maximum absolute atomic E-state index is 13.4. The maximum atomic E-state index is 13.4. The normalized spacial score (nSPS) is 24.0. The molecule has 0 bridgehead atoms. The first-order valence-corrected chi connectivity index (χ1v) is 13.1. The minimum Gasteiger partial charge on any atom is -0.379 e. The molecular weight excluding hydrogens is 535 g/mol. The fourth-order valence-electron chi connectivity index (χ4n) is 5.56. The van der Waals surface area contributed by atoms with Crippen LogP contribution in [0.25, 0.3) is 10.9 Å². The Balaban J connectivity index is 1.23. The van der Waals surface area contributed by atoms with E-state index < -0.39 is 23.9 Å². The quantitative estimate of drug-likeness (QED) is 0.473. The zero-order valence-corrected chi connectivity index (χ0v) is 21.7. The molecule has 0 spiro atoms. The highest BCUT2D eigenvalue weighted by Crippen LogP contribution is 2.48. The summed E-state index contributed by atoms with van der Waals surface area (Å²) in [4.78, 5) is 29.4. The van der Waals surface area contributed by atoms with Crippen molar-refractivity contribution < 1.29 is 22.7 Å². The average molecular weight is 562 g/mol. The summed E-state index contributed by atoms with van der Waals surface area (Å²) in [5, 5.41) is 3.80.